The molecule has 118 valence electrons. The highest BCUT2D eigenvalue weighted by atomic mass is 16.2. The van der Waals surface area contributed by atoms with Crippen molar-refractivity contribution < 1.29 is 9.59 Å². The van der Waals surface area contributed by atoms with Gasteiger partial charge >= 0.3 is 0 Å². The first-order chi connectivity index (χ1) is 10.1. The van der Waals surface area contributed by atoms with E-state index >= 15 is 0 Å². The van der Waals surface area contributed by atoms with E-state index in [1.165, 1.54) is 5.56 Å². The van der Waals surface area contributed by atoms with Gasteiger partial charge in [0.25, 0.3) is 0 Å². The third-order valence-electron chi connectivity index (χ3n) is 6.90. The number of ketones is 1. The first kappa shape index (κ1) is 15.3. The summed E-state index contributed by atoms with van der Waals surface area (Å²) in [6, 6.07) is 5.96. The predicted octanol–water partition coefficient (Wildman–Crippen LogP) is 4.03. The number of hydrogen-bond donors (Lipinski definition) is 1. The Balaban J connectivity index is 1.92. The van der Waals surface area contributed by atoms with Gasteiger partial charge in [0.1, 0.15) is 5.78 Å². The smallest absolute Gasteiger partial charge is 0.231 e. The SMILES string of the molecule is Cc1ccc(NC(=O)[C@@]23CC[C@](C)(C(=O)C2)C3(C)C)cc1C. The van der Waals surface area contributed by atoms with Gasteiger partial charge < -0.3 is 5.32 Å². The third-order valence-corrected chi connectivity index (χ3v) is 6.90. The number of carbonyl (C=O) groups is 2. The quantitative estimate of drug-likeness (QED) is 0.896. The number of benzene rings is 1. The lowest BCUT2D eigenvalue weighted by molar-refractivity contribution is -0.131. The molecule has 3 heteroatoms. The van der Waals surface area contributed by atoms with Gasteiger partial charge in [-0.15, -0.1) is 0 Å². The summed E-state index contributed by atoms with van der Waals surface area (Å²) < 4.78 is 0. The highest BCUT2D eigenvalue weighted by molar-refractivity contribution is 6.04. The number of Topliss-reactive ketones (excluding diaryl/α,β-unsaturated/α-hetero) is 1. The van der Waals surface area contributed by atoms with Crippen LogP contribution >= 0.6 is 0 Å². The Morgan fingerprint density at radius 1 is 1.09 bits per heavy atom. The molecule has 2 bridgehead atoms. The molecule has 3 rings (SSSR count). The number of hydrogen-bond acceptors (Lipinski definition) is 2. The topological polar surface area (TPSA) is 46.2 Å². The van der Waals surface area contributed by atoms with Crippen molar-refractivity contribution in [2.24, 2.45) is 16.2 Å². The molecule has 22 heavy (non-hydrogen) atoms. The molecule has 2 aliphatic rings. The summed E-state index contributed by atoms with van der Waals surface area (Å²) >= 11 is 0. The molecule has 0 spiro atoms. The van der Waals surface area contributed by atoms with E-state index in [0.717, 1.165) is 24.1 Å². The molecule has 1 aromatic rings. The van der Waals surface area contributed by atoms with E-state index in [2.05, 4.69) is 26.1 Å². The van der Waals surface area contributed by atoms with Crippen molar-refractivity contribution in [3.05, 3.63) is 29.3 Å². The average molecular weight is 299 g/mol. The Labute approximate surface area is 132 Å². The maximum absolute atomic E-state index is 13.0. The van der Waals surface area contributed by atoms with E-state index in [1.54, 1.807) is 0 Å². The van der Waals surface area contributed by atoms with Crippen molar-refractivity contribution in [3.8, 4) is 0 Å². The van der Waals surface area contributed by atoms with E-state index in [0.29, 0.717) is 6.42 Å². The van der Waals surface area contributed by atoms with Crippen LogP contribution in [-0.2, 0) is 9.59 Å². The van der Waals surface area contributed by atoms with Crippen molar-refractivity contribution in [2.75, 3.05) is 5.32 Å². The Morgan fingerprint density at radius 3 is 2.27 bits per heavy atom. The zero-order chi connectivity index (χ0) is 16.3. The highest BCUT2D eigenvalue weighted by Crippen LogP contribution is 2.70. The second-order valence-corrected chi connectivity index (χ2v) is 7.89. The minimum atomic E-state index is -0.558. The molecule has 0 heterocycles. The number of amides is 1. The van der Waals surface area contributed by atoms with Crippen LogP contribution in [0.3, 0.4) is 0 Å². The molecule has 1 N–H and O–H groups in total. The lowest BCUT2D eigenvalue weighted by atomic mass is 9.64. The molecule has 2 atom stereocenters. The molecule has 2 fully saturated rings. The fourth-order valence-corrected chi connectivity index (χ4v) is 4.43. The van der Waals surface area contributed by atoms with Crippen LogP contribution in [0.25, 0.3) is 0 Å². The predicted molar refractivity (Wildman–Crippen MR) is 87.7 cm³/mol. The fourth-order valence-electron chi connectivity index (χ4n) is 4.43. The molecule has 2 saturated carbocycles. The molecular weight excluding hydrogens is 274 g/mol. The standard InChI is InChI=1S/C19H25NO2/c1-12-6-7-14(10-13(12)2)20-16(22)19-9-8-18(5,15(21)11-19)17(19,3)4/h6-7,10H,8-9,11H2,1-5H3,(H,20,22)/t18-,19-/m1/s1. The van der Waals surface area contributed by atoms with Crippen LogP contribution in [0.15, 0.2) is 18.2 Å². The molecular formula is C19H25NO2. The molecule has 0 radical (unpaired) electrons. The van der Waals surface area contributed by atoms with Crippen molar-refractivity contribution in [2.45, 2.75) is 53.9 Å². The normalized spacial score (nSPS) is 32.3. The van der Waals surface area contributed by atoms with E-state index in [4.69, 9.17) is 0 Å². The van der Waals surface area contributed by atoms with Crippen LogP contribution in [0.1, 0.15) is 51.2 Å². The summed E-state index contributed by atoms with van der Waals surface area (Å²) in [5.74, 6) is 0.259. The summed E-state index contributed by atoms with van der Waals surface area (Å²) in [4.78, 5) is 25.5. The van der Waals surface area contributed by atoms with Gasteiger partial charge in [-0.05, 0) is 55.4 Å². The van der Waals surface area contributed by atoms with Crippen LogP contribution in [0.2, 0.25) is 0 Å². The minimum Gasteiger partial charge on any atom is -0.326 e. The Bertz CT molecular complexity index is 676. The van der Waals surface area contributed by atoms with Gasteiger partial charge in [-0.25, -0.2) is 0 Å². The second kappa shape index (κ2) is 4.43. The first-order valence-electron chi connectivity index (χ1n) is 8.06. The summed E-state index contributed by atoms with van der Waals surface area (Å²) in [5, 5.41) is 3.07. The number of rotatable bonds is 2. The van der Waals surface area contributed by atoms with Crippen LogP contribution in [0.5, 0.6) is 0 Å². The fraction of sp³-hybridized carbons (Fsp3) is 0.579. The Hall–Kier alpha value is -1.64. The van der Waals surface area contributed by atoms with Crippen molar-refractivity contribution in [1.82, 2.24) is 0 Å². The molecule has 1 aromatic carbocycles. The molecule has 2 aliphatic carbocycles. The second-order valence-electron chi connectivity index (χ2n) is 7.89. The van der Waals surface area contributed by atoms with Crippen molar-refractivity contribution in [3.63, 3.8) is 0 Å². The maximum Gasteiger partial charge on any atom is 0.231 e. The van der Waals surface area contributed by atoms with Gasteiger partial charge in [0.05, 0.1) is 5.41 Å². The Kier molecular flexibility index (Phi) is 3.08. The van der Waals surface area contributed by atoms with E-state index in [9.17, 15) is 9.59 Å². The van der Waals surface area contributed by atoms with E-state index in [-0.39, 0.29) is 22.5 Å². The molecule has 1 amide bonds. The number of carbonyl (C=O) groups excluding carboxylic acids is 2. The highest BCUT2D eigenvalue weighted by Gasteiger charge is 2.72. The average Bonchev–Trinajstić information content (AvgIpc) is 2.73. The minimum absolute atomic E-state index is 0.00956. The number of fused-ring (bicyclic) bond motifs is 2. The summed E-state index contributed by atoms with van der Waals surface area (Å²) in [5.41, 5.74) is 1.99. The van der Waals surface area contributed by atoms with Crippen LogP contribution in [0.4, 0.5) is 5.69 Å². The lowest BCUT2D eigenvalue weighted by Gasteiger charge is -2.38. The molecule has 0 saturated heterocycles. The van der Waals surface area contributed by atoms with Gasteiger partial charge in [0, 0.05) is 17.5 Å². The number of aryl methyl sites for hydroxylation is 2. The van der Waals surface area contributed by atoms with Crippen LogP contribution in [-0.4, -0.2) is 11.7 Å². The van der Waals surface area contributed by atoms with Crippen LogP contribution < -0.4 is 5.32 Å². The zero-order valence-corrected chi connectivity index (χ0v) is 14.2. The Morgan fingerprint density at radius 2 is 1.77 bits per heavy atom. The monoisotopic (exact) mass is 299 g/mol. The first-order valence-corrected chi connectivity index (χ1v) is 8.06. The molecule has 0 unspecified atom stereocenters. The largest absolute Gasteiger partial charge is 0.326 e. The van der Waals surface area contributed by atoms with Crippen molar-refractivity contribution >= 4 is 17.4 Å². The number of anilines is 1. The van der Waals surface area contributed by atoms with Gasteiger partial charge in [-0.2, -0.15) is 0 Å². The summed E-state index contributed by atoms with van der Waals surface area (Å²) in [6.45, 7) is 10.3. The van der Waals surface area contributed by atoms with Crippen LogP contribution in [0, 0.1) is 30.1 Å². The third kappa shape index (κ3) is 1.68. The molecule has 3 nitrogen and oxygen atoms in total. The molecule has 0 aliphatic heterocycles. The van der Waals surface area contributed by atoms with E-state index in [1.807, 2.05) is 32.0 Å². The summed E-state index contributed by atoms with van der Waals surface area (Å²) in [7, 11) is 0. The number of nitrogens with one attached hydrogen (secondary N) is 1. The zero-order valence-electron chi connectivity index (χ0n) is 14.2. The van der Waals surface area contributed by atoms with Gasteiger partial charge in [-0.1, -0.05) is 26.8 Å². The van der Waals surface area contributed by atoms with Gasteiger partial charge in [0.15, 0.2) is 0 Å². The lowest BCUT2D eigenvalue weighted by Crippen LogP contribution is -2.43. The van der Waals surface area contributed by atoms with Gasteiger partial charge in [0.2, 0.25) is 5.91 Å². The summed E-state index contributed by atoms with van der Waals surface area (Å²) in [6.07, 6.45) is 2.01. The maximum atomic E-state index is 13.0. The van der Waals surface area contributed by atoms with Gasteiger partial charge in [-0.3, -0.25) is 9.59 Å². The van der Waals surface area contributed by atoms with Crippen molar-refractivity contribution in [1.29, 1.82) is 0 Å². The van der Waals surface area contributed by atoms with E-state index < -0.39 is 5.41 Å². The molecule has 0 aromatic heterocycles.